The second kappa shape index (κ2) is 8.14. The first kappa shape index (κ1) is 23.2. The minimum atomic E-state index is -3.45. The Bertz CT molecular complexity index is 799. The highest BCUT2D eigenvalue weighted by Crippen LogP contribution is 2.61. The van der Waals surface area contributed by atoms with Crippen LogP contribution < -0.4 is 0 Å². The van der Waals surface area contributed by atoms with Gasteiger partial charge in [-0.05, 0) is 113 Å². The van der Waals surface area contributed by atoms with E-state index in [1.165, 1.54) is 39.0 Å². The molecular formula is C27H38F2O5. The highest BCUT2D eigenvalue weighted by atomic mass is 19.3. The SMILES string of the molecule is CCC(F)(F)C(=O)OC1C2CC3CC1CC(C(=O)OC(C)OC1C4CC5CC(C4)CC1C5)(C3)C2. The average Bonchev–Trinajstić information content (AvgIpc) is 2.77. The number of ether oxygens (including phenoxy) is 3. The molecule has 0 amide bonds. The van der Waals surface area contributed by atoms with E-state index in [1.54, 1.807) is 0 Å². The molecule has 8 fully saturated rings. The standard InChI is InChI=1S/C27H38F2O5/c1-3-27(28,29)25(31)34-23-20-9-17-10-21(23)13-26(11-17,12-20)24(30)33-14(2)32-22-18-5-15-4-16(7-18)8-19(22)6-15/h14-23H,3-13H2,1-2H3. The van der Waals surface area contributed by atoms with Crippen LogP contribution in [0.1, 0.15) is 84.5 Å². The molecule has 8 saturated carbocycles. The van der Waals surface area contributed by atoms with Gasteiger partial charge >= 0.3 is 17.9 Å². The van der Waals surface area contributed by atoms with E-state index in [-0.39, 0.29) is 23.9 Å². The predicted molar refractivity (Wildman–Crippen MR) is 119 cm³/mol. The molecule has 8 aliphatic carbocycles. The molecule has 3 atom stereocenters. The first-order chi connectivity index (χ1) is 16.2. The van der Waals surface area contributed by atoms with E-state index in [4.69, 9.17) is 14.2 Å². The lowest BCUT2D eigenvalue weighted by Crippen LogP contribution is -2.58. The first-order valence-corrected chi connectivity index (χ1v) is 13.6. The lowest BCUT2D eigenvalue weighted by atomic mass is 9.48. The molecule has 0 aromatic carbocycles. The van der Waals surface area contributed by atoms with Crippen LogP contribution in [0.25, 0.3) is 0 Å². The van der Waals surface area contributed by atoms with Crippen LogP contribution in [0.15, 0.2) is 0 Å². The molecule has 7 heteroatoms. The van der Waals surface area contributed by atoms with Gasteiger partial charge in [0.2, 0.25) is 0 Å². The van der Waals surface area contributed by atoms with E-state index >= 15 is 0 Å². The molecule has 8 rings (SSSR count). The van der Waals surface area contributed by atoms with E-state index in [1.807, 2.05) is 6.92 Å². The van der Waals surface area contributed by atoms with Crippen LogP contribution >= 0.6 is 0 Å². The van der Waals surface area contributed by atoms with Crippen molar-refractivity contribution in [3.05, 3.63) is 0 Å². The van der Waals surface area contributed by atoms with Crippen molar-refractivity contribution in [3.63, 3.8) is 0 Å². The number of alkyl halides is 2. The fourth-order valence-electron chi connectivity index (χ4n) is 9.40. The third-order valence-electron chi connectivity index (χ3n) is 10.4. The first-order valence-electron chi connectivity index (χ1n) is 13.6. The van der Waals surface area contributed by atoms with Crippen molar-refractivity contribution in [1.29, 1.82) is 0 Å². The predicted octanol–water partition coefficient (Wildman–Crippen LogP) is 5.50. The lowest BCUT2D eigenvalue weighted by molar-refractivity contribution is -0.237. The maximum absolute atomic E-state index is 13.8. The Kier molecular flexibility index (Phi) is 5.55. The Morgan fingerprint density at radius 2 is 1.41 bits per heavy atom. The molecule has 3 unspecified atom stereocenters. The van der Waals surface area contributed by atoms with Crippen LogP contribution in [-0.4, -0.2) is 36.4 Å². The van der Waals surface area contributed by atoms with Gasteiger partial charge in [-0.15, -0.1) is 0 Å². The van der Waals surface area contributed by atoms with Crippen LogP contribution in [0.2, 0.25) is 0 Å². The zero-order chi connectivity index (χ0) is 23.8. The van der Waals surface area contributed by atoms with Gasteiger partial charge in [0.1, 0.15) is 6.10 Å². The number of hydrogen-bond donors (Lipinski definition) is 0. The zero-order valence-electron chi connectivity index (χ0n) is 20.3. The fourth-order valence-corrected chi connectivity index (χ4v) is 9.40. The molecule has 0 aliphatic heterocycles. The molecule has 0 radical (unpaired) electrons. The van der Waals surface area contributed by atoms with Crippen molar-refractivity contribution < 1.29 is 32.6 Å². The van der Waals surface area contributed by atoms with Gasteiger partial charge in [0.25, 0.3) is 0 Å². The monoisotopic (exact) mass is 480 g/mol. The quantitative estimate of drug-likeness (QED) is 0.356. The van der Waals surface area contributed by atoms with Gasteiger partial charge in [-0.25, -0.2) is 4.79 Å². The summed E-state index contributed by atoms with van der Waals surface area (Å²) in [5.41, 5.74) is -0.589. The van der Waals surface area contributed by atoms with Crippen LogP contribution in [0.4, 0.5) is 8.78 Å². The molecular weight excluding hydrogens is 442 g/mol. The summed E-state index contributed by atoms with van der Waals surface area (Å²) < 4.78 is 45.4. The van der Waals surface area contributed by atoms with Crippen LogP contribution in [-0.2, 0) is 23.8 Å². The number of rotatable bonds is 7. The Labute approximate surface area is 200 Å². The van der Waals surface area contributed by atoms with Gasteiger partial charge in [0.05, 0.1) is 11.5 Å². The smallest absolute Gasteiger partial charge is 0.377 e. The summed E-state index contributed by atoms with van der Waals surface area (Å²) in [6.45, 7) is 3.14. The van der Waals surface area contributed by atoms with Gasteiger partial charge < -0.3 is 14.2 Å². The van der Waals surface area contributed by atoms with Crippen molar-refractivity contribution in [2.24, 2.45) is 46.8 Å². The number of carbonyl (C=O) groups is 2. The summed E-state index contributed by atoms with van der Waals surface area (Å²) in [7, 11) is 0. The van der Waals surface area contributed by atoms with Crippen molar-refractivity contribution >= 4 is 11.9 Å². The minimum Gasteiger partial charge on any atom is -0.457 e. The molecule has 0 saturated heterocycles. The Hall–Kier alpha value is -1.24. The molecule has 34 heavy (non-hydrogen) atoms. The summed E-state index contributed by atoms with van der Waals surface area (Å²) in [6, 6.07) is 0. The van der Waals surface area contributed by atoms with E-state index in [0.717, 1.165) is 31.1 Å². The zero-order valence-corrected chi connectivity index (χ0v) is 20.3. The molecule has 0 spiro atoms. The van der Waals surface area contributed by atoms with E-state index in [0.29, 0.717) is 30.6 Å². The Morgan fingerprint density at radius 3 is 1.97 bits per heavy atom. The molecule has 0 heterocycles. The number of halogens is 2. The van der Waals surface area contributed by atoms with Gasteiger partial charge in [-0.2, -0.15) is 8.78 Å². The molecule has 8 bridgehead atoms. The summed E-state index contributed by atoms with van der Waals surface area (Å²) in [4.78, 5) is 25.5. The van der Waals surface area contributed by atoms with Crippen molar-refractivity contribution in [2.45, 2.75) is 109 Å². The third kappa shape index (κ3) is 3.79. The summed E-state index contributed by atoms with van der Waals surface area (Å²) >= 11 is 0. The van der Waals surface area contributed by atoms with Crippen molar-refractivity contribution in [2.75, 3.05) is 0 Å². The second-order valence-electron chi connectivity index (χ2n) is 12.7. The van der Waals surface area contributed by atoms with E-state index < -0.39 is 36.1 Å². The normalized spacial score (nSPS) is 47.0. The van der Waals surface area contributed by atoms with Crippen LogP contribution in [0, 0.1) is 46.8 Å². The van der Waals surface area contributed by atoms with Gasteiger partial charge in [-0.3, -0.25) is 4.79 Å². The van der Waals surface area contributed by atoms with E-state index in [2.05, 4.69) is 0 Å². The molecule has 0 aromatic heterocycles. The summed E-state index contributed by atoms with van der Waals surface area (Å²) in [6.07, 6.45) is 8.54. The molecule has 190 valence electrons. The van der Waals surface area contributed by atoms with Gasteiger partial charge in [-0.1, -0.05) is 6.92 Å². The third-order valence-corrected chi connectivity index (χ3v) is 10.4. The second-order valence-corrected chi connectivity index (χ2v) is 12.7. The Morgan fingerprint density at radius 1 is 0.853 bits per heavy atom. The highest BCUT2D eigenvalue weighted by Gasteiger charge is 2.61. The molecule has 5 nitrogen and oxygen atoms in total. The lowest BCUT2D eigenvalue weighted by Gasteiger charge is -2.58. The largest absolute Gasteiger partial charge is 0.457 e. The summed E-state index contributed by atoms with van der Waals surface area (Å²) in [5, 5.41) is 0. The summed E-state index contributed by atoms with van der Waals surface area (Å²) in [5.74, 6) is -1.84. The minimum absolute atomic E-state index is 0.0453. The molecule has 8 aliphatic rings. The van der Waals surface area contributed by atoms with Crippen molar-refractivity contribution in [1.82, 2.24) is 0 Å². The number of esters is 2. The maximum atomic E-state index is 13.8. The average molecular weight is 481 g/mol. The van der Waals surface area contributed by atoms with Gasteiger partial charge in [0.15, 0.2) is 6.29 Å². The van der Waals surface area contributed by atoms with E-state index in [9.17, 15) is 18.4 Å². The van der Waals surface area contributed by atoms with Crippen molar-refractivity contribution in [3.8, 4) is 0 Å². The Balaban J connectivity index is 1.09. The van der Waals surface area contributed by atoms with Gasteiger partial charge in [0, 0.05) is 6.42 Å². The van der Waals surface area contributed by atoms with Crippen LogP contribution in [0.3, 0.4) is 0 Å². The topological polar surface area (TPSA) is 61.8 Å². The highest BCUT2D eigenvalue weighted by molar-refractivity contribution is 5.79. The maximum Gasteiger partial charge on any atom is 0.377 e. The number of carbonyl (C=O) groups excluding carboxylic acids is 2. The molecule has 0 N–H and O–H groups in total. The number of hydrogen-bond acceptors (Lipinski definition) is 5. The van der Waals surface area contributed by atoms with Crippen LogP contribution in [0.5, 0.6) is 0 Å². The fraction of sp³-hybridized carbons (Fsp3) is 0.926. The molecule has 0 aromatic rings.